The molecule has 9 nitrogen and oxygen atoms in total. The fourth-order valence-electron chi connectivity index (χ4n) is 5.57. The van der Waals surface area contributed by atoms with Crippen molar-refractivity contribution in [1.29, 1.82) is 0 Å². The van der Waals surface area contributed by atoms with Gasteiger partial charge in [-0.2, -0.15) is 0 Å². The molecule has 3 aliphatic carbocycles. The van der Waals surface area contributed by atoms with E-state index in [1.165, 1.54) is 4.90 Å². The molecule has 32 heavy (non-hydrogen) atoms. The van der Waals surface area contributed by atoms with Crippen LogP contribution in [0.5, 0.6) is 0 Å². The van der Waals surface area contributed by atoms with Crippen LogP contribution in [0.25, 0.3) is 5.76 Å². The summed E-state index contributed by atoms with van der Waals surface area (Å²) >= 11 is 0. The van der Waals surface area contributed by atoms with Crippen LogP contribution in [0, 0.1) is 11.8 Å². The number of ketones is 2. The quantitative estimate of drug-likeness (QED) is 0.491. The highest BCUT2D eigenvalue weighted by atomic mass is 16.3. The first-order chi connectivity index (χ1) is 14.9. The first kappa shape index (κ1) is 22.0. The summed E-state index contributed by atoms with van der Waals surface area (Å²) in [5.41, 5.74) is 4.23. The zero-order valence-electron chi connectivity index (χ0n) is 18.4. The van der Waals surface area contributed by atoms with Crippen LogP contribution >= 0.6 is 0 Å². The topological polar surface area (TPSA) is 144 Å². The van der Waals surface area contributed by atoms with Crippen molar-refractivity contribution in [2.24, 2.45) is 17.6 Å². The Labute approximate surface area is 185 Å². The molecule has 4 atom stereocenters. The van der Waals surface area contributed by atoms with Gasteiger partial charge in [0.15, 0.2) is 11.4 Å². The number of amides is 1. The highest BCUT2D eigenvalue weighted by molar-refractivity contribution is 6.24. The molecule has 3 aliphatic rings. The van der Waals surface area contributed by atoms with Crippen LogP contribution in [0.1, 0.15) is 17.5 Å². The maximum absolute atomic E-state index is 13.7. The van der Waals surface area contributed by atoms with Crippen LogP contribution in [0.2, 0.25) is 0 Å². The van der Waals surface area contributed by atoms with Gasteiger partial charge in [0.05, 0.1) is 6.04 Å². The van der Waals surface area contributed by atoms with Gasteiger partial charge in [-0.25, -0.2) is 0 Å². The molecule has 170 valence electrons. The third-order valence-electron chi connectivity index (χ3n) is 6.96. The number of Topliss-reactive ketones (excluding diaryl/α,β-unsaturated/α-hetero) is 2. The lowest BCUT2D eigenvalue weighted by molar-refractivity contribution is -0.153. The molecule has 0 saturated heterocycles. The number of aliphatic hydroxyl groups is 3. The fraction of sp³-hybridized carbons (Fsp3) is 0.435. The van der Waals surface area contributed by atoms with E-state index in [0.717, 1.165) is 11.3 Å². The third kappa shape index (κ3) is 2.74. The van der Waals surface area contributed by atoms with Gasteiger partial charge in [-0.15, -0.1) is 0 Å². The Morgan fingerprint density at radius 1 is 1.16 bits per heavy atom. The first-order valence-corrected chi connectivity index (χ1v) is 10.4. The number of nitrogens with two attached hydrogens (primary N) is 1. The maximum atomic E-state index is 13.7. The molecule has 1 amide bonds. The van der Waals surface area contributed by atoms with Crippen LogP contribution in [0.15, 0.2) is 35.1 Å². The van der Waals surface area contributed by atoms with E-state index in [0.29, 0.717) is 12.0 Å². The zero-order valence-corrected chi connectivity index (χ0v) is 18.4. The van der Waals surface area contributed by atoms with Gasteiger partial charge in [0.25, 0.3) is 5.91 Å². The molecule has 0 aromatic heterocycles. The zero-order chi connectivity index (χ0) is 23.7. The Kier molecular flexibility index (Phi) is 4.94. The SMILES string of the molecule is CN(C)c1cccc2c1CC1CC3[C@H](N(C)C)C(=O)C(C(N)=O)=C(O)[C@@]3(O)C(=O)C1=C2O. The summed E-state index contributed by atoms with van der Waals surface area (Å²) in [5.74, 6) is -5.64. The summed E-state index contributed by atoms with van der Waals surface area (Å²) in [6.07, 6.45) is 0.566. The molecule has 1 saturated carbocycles. The summed E-state index contributed by atoms with van der Waals surface area (Å²) in [6, 6.07) is 4.33. The number of hydrogen-bond acceptors (Lipinski definition) is 8. The lowest BCUT2D eigenvalue weighted by Gasteiger charge is -2.50. The molecule has 9 heteroatoms. The minimum Gasteiger partial charge on any atom is -0.508 e. The minimum atomic E-state index is -2.54. The predicted molar refractivity (Wildman–Crippen MR) is 117 cm³/mol. The van der Waals surface area contributed by atoms with Gasteiger partial charge in [-0.1, -0.05) is 12.1 Å². The predicted octanol–water partition coefficient (Wildman–Crippen LogP) is 0.324. The van der Waals surface area contributed by atoms with Gasteiger partial charge >= 0.3 is 0 Å². The fourth-order valence-corrected chi connectivity index (χ4v) is 5.57. The molecule has 0 spiro atoms. The van der Waals surface area contributed by atoms with Gasteiger partial charge < -0.3 is 26.0 Å². The summed E-state index contributed by atoms with van der Waals surface area (Å²) in [6.45, 7) is 0. The van der Waals surface area contributed by atoms with E-state index < -0.39 is 52.3 Å². The smallest absolute Gasteiger partial charge is 0.255 e. The Hall–Kier alpha value is -3.17. The number of rotatable bonds is 3. The van der Waals surface area contributed by atoms with Crippen molar-refractivity contribution in [3.63, 3.8) is 0 Å². The number of primary amides is 1. The average Bonchev–Trinajstić information content (AvgIpc) is 2.70. The second kappa shape index (κ2) is 7.18. The molecule has 2 unspecified atom stereocenters. The van der Waals surface area contributed by atoms with E-state index in [1.54, 1.807) is 26.2 Å². The van der Waals surface area contributed by atoms with E-state index in [9.17, 15) is 29.7 Å². The number of anilines is 1. The van der Waals surface area contributed by atoms with E-state index in [-0.39, 0.29) is 17.8 Å². The highest BCUT2D eigenvalue weighted by Gasteiger charge is 2.64. The molecule has 0 radical (unpaired) electrons. The number of hydrogen-bond donors (Lipinski definition) is 4. The number of carbonyl (C=O) groups is 3. The van der Waals surface area contributed by atoms with Gasteiger partial charge in [-0.05, 0) is 44.5 Å². The summed E-state index contributed by atoms with van der Waals surface area (Å²) < 4.78 is 0. The van der Waals surface area contributed by atoms with Crippen molar-refractivity contribution in [2.45, 2.75) is 24.5 Å². The maximum Gasteiger partial charge on any atom is 0.255 e. The van der Waals surface area contributed by atoms with Crippen LogP contribution in [-0.4, -0.2) is 77.5 Å². The standard InChI is InChI=1S/C23H27N3O6/c1-25(2)14-7-5-6-11-12(14)8-10-9-13-17(26(3)4)19(28)16(22(24)31)21(30)23(13,32)20(29)15(10)18(11)27/h5-7,10,13,17,27,30,32H,8-9H2,1-4H3,(H2,24,31)/t10?,13?,17-,23-/m0/s1. The number of aliphatic hydroxyl groups excluding tert-OH is 2. The Balaban J connectivity index is 1.97. The Bertz CT molecular complexity index is 1120. The number of benzene rings is 1. The van der Waals surface area contributed by atoms with Crippen LogP contribution in [-0.2, 0) is 20.8 Å². The van der Waals surface area contributed by atoms with Crippen molar-refractivity contribution >= 4 is 28.9 Å². The van der Waals surface area contributed by atoms with E-state index >= 15 is 0 Å². The van der Waals surface area contributed by atoms with Crippen LogP contribution < -0.4 is 10.6 Å². The molecular formula is C23H27N3O6. The molecule has 4 rings (SSSR count). The van der Waals surface area contributed by atoms with Gasteiger partial charge in [0, 0.05) is 36.8 Å². The second-order valence-electron chi connectivity index (χ2n) is 9.16. The van der Waals surface area contributed by atoms with Gasteiger partial charge in [0.2, 0.25) is 5.78 Å². The number of likely N-dealkylation sites (N-methyl/N-ethyl adjacent to an activating group) is 1. The normalized spacial score (nSPS) is 29.6. The van der Waals surface area contributed by atoms with Gasteiger partial charge in [-0.3, -0.25) is 19.3 Å². The largest absolute Gasteiger partial charge is 0.508 e. The van der Waals surface area contributed by atoms with Crippen molar-refractivity contribution in [2.75, 3.05) is 33.1 Å². The Morgan fingerprint density at radius 2 is 1.81 bits per heavy atom. The molecule has 0 bridgehead atoms. The molecule has 0 heterocycles. The summed E-state index contributed by atoms with van der Waals surface area (Å²) in [5, 5.41) is 33.4. The van der Waals surface area contributed by atoms with E-state index in [1.807, 2.05) is 25.1 Å². The highest BCUT2D eigenvalue weighted by Crippen LogP contribution is 2.52. The average molecular weight is 441 g/mol. The summed E-state index contributed by atoms with van der Waals surface area (Å²) in [4.78, 5) is 42.1. The molecule has 1 aromatic carbocycles. The van der Waals surface area contributed by atoms with E-state index in [4.69, 9.17) is 5.73 Å². The molecular weight excluding hydrogens is 414 g/mol. The lowest BCUT2D eigenvalue weighted by Crippen LogP contribution is -2.65. The third-order valence-corrected chi connectivity index (χ3v) is 6.96. The molecule has 1 fully saturated rings. The van der Waals surface area contributed by atoms with Crippen LogP contribution in [0.3, 0.4) is 0 Å². The molecule has 0 aliphatic heterocycles. The monoisotopic (exact) mass is 441 g/mol. The number of carbonyl (C=O) groups excluding carboxylic acids is 3. The molecule has 1 aromatic rings. The van der Waals surface area contributed by atoms with E-state index in [2.05, 4.69) is 0 Å². The minimum absolute atomic E-state index is 0.00520. The lowest BCUT2D eigenvalue weighted by atomic mass is 9.57. The second-order valence-corrected chi connectivity index (χ2v) is 9.16. The number of fused-ring (bicyclic) bond motifs is 3. The van der Waals surface area contributed by atoms with Crippen molar-refractivity contribution < 1.29 is 29.7 Å². The van der Waals surface area contributed by atoms with Crippen molar-refractivity contribution in [3.8, 4) is 0 Å². The van der Waals surface area contributed by atoms with Gasteiger partial charge in [0.1, 0.15) is 17.1 Å². The molecule has 5 N–H and O–H groups in total. The summed E-state index contributed by atoms with van der Waals surface area (Å²) in [7, 11) is 6.95. The van der Waals surface area contributed by atoms with Crippen LogP contribution in [0.4, 0.5) is 5.69 Å². The first-order valence-electron chi connectivity index (χ1n) is 10.4. The van der Waals surface area contributed by atoms with Crippen molar-refractivity contribution in [3.05, 3.63) is 46.2 Å². The number of nitrogens with zero attached hydrogens (tertiary/aromatic N) is 2. The Morgan fingerprint density at radius 3 is 2.38 bits per heavy atom. The van der Waals surface area contributed by atoms with Crippen molar-refractivity contribution in [1.82, 2.24) is 4.90 Å².